The zero-order valence-corrected chi connectivity index (χ0v) is 9.77. The molecule has 0 radical (unpaired) electrons. The fourth-order valence-corrected chi connectivity index (χ4v) is 2.33. The molecule has 1 aromatic carbocycles. The first kappa shape index (κ1) is 10.0. The van der Waals surface area contributed by atoms with E-state index < -0.39 is 0 Å². The van der Waals surface area contributed by atoms with Gasteiger partial charge in [-0.15, -0.1) is 0 Å². The molecule has 84 valence electrons. The third-order valence-corrected chi connectivity index (χ3v) is 3.21. The Bertz CT molecular complexity index is 787. The maximum absolute atomic E-state index is 12.3. The van der Waals surface area contributed by atoms with Crippen molar-refractivity contribution in [3.63, 3.8) is 0 Å². The standard InChI is InChI=1S/C14H12N2O/c1-9-13-11(7-8-15-9)10-5-3-4-6-12(10)16(2)14(13)17/h3-8H,1-2H3. The van der Waals surface area contributed by atoms with E-state index in [2.05, 4.69) is 4.98 Å². The smallest absolute Gasteiger partial charge is 0.260 e. The number of hydrogen-bond donors (Lipinski definition) is 0. The summed E-state index contributed by atoms with van der Waals surface area (Å²) in [5.74, 6) is 0. The SMILES string of the molecule is Cc1nccc2c1c(=O)n(C)c1ccccc21. The van der Waals surface area contributed by atoms with E-state index in [4.69, 9.17) is 0 Å². The third-order valence-electron chi connectivity index (χ3n) is 3.21. The normalized spacial score (nSPS) is 11.2. The van der Waals surface area contributed by atoms with E-state index in [1.807, 2.05) is 37.3 Å². The number of aryl methyl sites for hydroxylation is 2. The van der Waals surface area contributed by atoms with Crippen LogP contribution in [0.2, 0.25) is 0 Å². The van der Waals surface area contributed by atoms with Crippen molar-refractivity contribution in [1.29, 1.82) is 0 Å². The number of para-hydroxylation sites is 1. The Morgan fingerprint density at radius 3 is 2.71 bits per heavy atom. The fourth-order valence-electron chi connectivity index (χ4n) is 2.33. The van der Waals surface area contributed by atoms with Crippen LogP contribution in [0.3, 0.4) is 0 Å². The molecule has 0 saturated heterocycles. The van der Waals surface area contributed by atoms with Crippen LogP contribution >= 0.6 is 0 Å². The molecule has 0 saturated carbocycles. The van der Waals surface area contributed by atoms with Crippen LogP contribution in [0.15, 0.2) is 41.3 Å². The zero-order valence-electron chi connectivity index (χ0n) is 9.77. The second-order valence-corrected chi connectivity index (χ2v) is 4.20. The lowest BCUT2D eigenvalue weighted by Crippen LogP contribution is -2.18. The van der Waals surface area contributed by atoms with E-state index in [0.29, 0.717) is 5.39 Å². The maximum atomic E-state index is 12.3. The van der Waals surface area contributed by atoms with E-state index in [9.17, 15) is 4.79 Å². The molecule has 3 nitrogen and oxygen atoms in total. The van der Waals surface area contributed by atoms with Gasteiger partial charge in [0.05, 0.1) is 16.6 Å². The second kappa shape index (κ2) is 3.42. The molecule has 0 amide bonds. The molecule has 0 fully saturated rings. The highest BCUT2D eigenvalue weighted by atomic mass is 16.1. The van der Waals surface area contributed by atoms with Crippen LogP contribution in [-0.4, -0.2) is 9.55 Å². The van der Waals surface area contributed by atoms with Crippen molar-refractivity contribution >= 4 is 21.7 Å². The van der Waals surface area contributed by atoms with Gasteiger partial charge in [0.1, 0.15) is 0 Å². The molecule has 0 N–H and O–H groups in total. The minimum Gasteiger partial charge on any atom is -0.311 e. The summed E-state index contributed by atoms with van der Waals surface area (Å²) in [4.78, 5) is 16.5. The predicted molar refractivity (Wildman–Crippen MR) is 69.2 cm³/mol. The van der Waals surface area contributed by atoms with Crippen molar-refractivity contribution in [2.45, 2.75) is 6.92 Å². The Labute approximate surface area is 98.3 Å². The predicted octanol–water partition coefficient (Wildman–Crippen LogP) is 2.40. The first-order valence-electron chi connectivity index (χ1n) is 5.53. The fraction of sp³-hybridized carbons (Fsp3) is 0.143. The molecule has 2 heterocycles. The van der Waals surface area contributed by atoms with Crippen LogP contribution in [0.25, 0.3) is 21.7 Å². The molecule has 0 atom stereocenters. The lowest BCUT2D eigenvalue weighted by atomic mass is 10.1. The molecule has 0 aliphatic carbocycles. The average Bonchev–Trinajstić information content (AvgIpc) is 2.36. The summed E-state index contributed by atoms with van der Waals surface area (Å²) in [5, 5.41) is 2.79. The van der Waals surface area contributed by atoms with Crippen LogP contribution in [0, 0.1) is 6.92 Å². The quantitative estimate of drug-likeness (QED) is 0.549. The highest BCUT2D eigenvalue weighted by Gasteiger charge is 2.09. The van der Waals surface area contributed by atoms with Crippen molar-refractivity contribution in [2.75, 3.05) is 0 Å². The lowest BCUT2D eigenvalue weighted by Gasteiger charge is -2.09. The molecule has 17 heavy (non-hydrogen) atoms. The van der Waals surface area contributed by atoms with Gasteiger partial charge in [0.15, 0.2) is 0 Å². The van der Waals surface area contributed by atoms with Crippen molar-refractivity contribution in [3.05, 3.63) is 52.6 Å². The summed E-state index contributed by atoms with van der Waals surface area (Å²) in [5.41, 5.74) is 1.76. The Balaban J connectivity index is 2.76. The van der Waals surface area contributed by atoms with Gasteiger partial charge in [0.25, 0.3) is 5.56 Å². The number of nitrogens with zero attached hydrogens (tertiary/aromatic N) is 2. The molecule has 3 aromatic rings. The van der Waals surface area contributed by atoms with Crippen molar-refractivity contribution < 1.29 is 0 Å². The van der Waals surface area contributed by atoms with E-state index in [0.717, 1.165) is 22.0 Å². The van der Waals surface area contributed by atoms with Crippen LogP contribution in [0.1, 0.15) is 5.69 Å². The summed E-state index contributed by atoms with van der Waals surface area (Å²) < 4.78 is 1.69. The second-order valence-electron chi connectivity index (χ2n) is 4.20. The van der Waals surface area contributed by atoms with Gasteiger partial charge < -0.3 is 4.57 Å². The first-order chi connectivity index (χ1) is 8.20. The van der Waals surface area contributed by atoms with Crippen molar-refractivity contribution in [3.8, 4) is 0 Å². The molecule has 0 aliphatic rings. The Morgan fingerprint density at radius 2 is 1.88 bits per heavy atom. The number of aromatic nitrogens is 2. The summed E-state index contributed by atoms with van der Waals surface area (Å²) in [7, 11) is 1.80. The Kier molecular flexibility index (Phi) is 2.01. The van der Waals surface area contributed by atoms with Gasteiger partial charge in [-0.2, -0.15) is 0 Å². The number of pyridine rings is 2. The maximum Gasteiger partial charge on any atom is 0.260 e. The van der Waals surface area contributed by atoms with E-state index in [-0.39, 0.29) is 5.56 Å². The van der Waals surface area contributed by atoms with Gasteiger partial charge in [0.2, 0.25) is 0 Å². The topological polar surface area (TPSA) is 34.9 Å². The van der Waals surface area contributed by atoms with Gasteiger partial charge in [-0.3, -0.25) is 9.78 Å². The lowest BCUT2D eigenvalue weighted by molar-refractivity contribution is 0.915. The Morgan fingerprint density at radius 1 is 1.12 bits per heavy atom. The monoisotopic (exact) mass is 224 g/mol. The molecule has 0 unspecified atom stereocenters. The van der Waals surface area contributed by atoms with Gasteiger partial charge in [-0.1, -0.05) is 18.2 Å². The average molecular weight is 224 g/mol. The van der Waals surface area contributed by atoms with Crippen molar-refractivity contribution in [1.82, 2.24) is 9.55 Å². The molecule has 3 heteroatoms. The molecule has 3 rings (SSSR count). The summed E-state index contributed by atoms with van der Waals surface area (Å²) in [6.07, 6.45) is 1.75. The van der Waals surface area contributed by atoms with Crippen LogP contribution in [0.5, 0.6) is 0 Å². The minimum atomic E-state index is 0.0179. The van der Waals surface area contributed by atoms with Crippen LogP contribution in [0.4, 0.5) is 0 Å². The van der Waals surface area contributed by atoms with Gasteiger partial charge in [0, 0.05) is 18.6 Å². The zero-order chi connectivity index (χ0) is 12.0. The van der Waals surface area contributed by atoms with E-state index >= 15 is 0 Å². The molecule has 0 spiro atoms. The highest BCUT2D eigenvalue weighted by Crippen LogP contribution is 2.22. The summed E-state index contributed by atoms with van der Waals surface area (Å²) >= 11 is 0. The highest BCUT2D eigenvalue weighted by molar-refractivity contribution is 6.06. The molecule has 2 aromatic heterocycles. The minimum absolute atomic E-state index is 0.0179. The third kappa shape index (κ3) is 1.29. The van der Waals surface area contributed by atoms with E-state index in [1.165, 1.54) is 0 Å². The number of benzene rings is 1. The molecular formula is C14H12N2O. The van der Waals surface area contributed by atoms with Gasteiger partial charge >= 0.3 is 0 Å². The number of rotatable bonds is 0. The number of fused-ring (bicyclic) bond motifs is 3. The first-order valence-corrected chi connectivity index (χ1v) is 5.53. The van der Waals surface area contributed by atoms with Gasteiger partial charge in [-0.25, -0.2) is 0 Å². The van der Waals surface area contributed by atoms with Crippen LogP contribution < -0.4 is 5.56 Å². The molecule has 0 bridgehead atoms. The largest absolute Gasteiger partial charge is 0.311 e. The van der Waals surface area contributed by atoms with Gasteiger partial charge in [-0.05, 0) is 24.4 Å². The number of hydrogen-bond acceptors (Lipinski definition) is 2. The summed E-state index contributed by atoms with van der Waals surface area (Å²) in [6.45, 7) is 1.87. The summed E-state index contributed by atoms with van der Waals surface area (Å²) in [6, 6.07) is 9.85. The van der Waals surface area contributed by atoms with Crippen molar-refractivity contribution in [2.24, 2.45) is 7.05 Å². The van der Waals surface area contributed by atoms with Crippen LogP contribution in [-0.2, 0) is 7.05 Å². The Hall–Kier alpha value is -2.16. The molecule has 0 aliphatic heterocycles. The van der Waals surface area contributed by atoms with E-state index in [1.54, 1.807) is 17.8 Å². The molecular weight excluding hydrogens is 212 g/mol.